The van der Waals surface area contributed by atoms with E-state index in [1.807, 2.05) is 4.90 Å². The largest absolute Gasteiger partial charge is 0.444 e. The average molecular weight is 366 g/mol. The third-order valence-electron chi connectivity index (χ3n) is 3.82. The lowest BCUT2D eigenvalue weighted by atomic mass is 10.1. The summed E-state index contributed by atoms with van der Waals surface area (Å²) in [7, 11) is 0. The van der Waals surface area contributed by atoms with Crippen molar-refractivity contribution in [1.82, 2.24) is 0 Å². The number of nitrogens with one attached hydrogen (secondary N) is 1. The Morgan fingerprint density at radius 2 is 1.65 bits per heavy atom. The van der Waals surface area contributed by atoms with Gasteiger partial charge < -0.3 is 9.64 Å². The Bertz CT molecular complexity index is 722. The van der Waals surface area contributed by atoms with Gasteiger partial charge in [-0.25, -0.2) is 4.79 Å². The van der Waals surface area contributed by atoms with Gasteiger partial charge in [0.2, 0.25) is 0 Å². The van der Waals surface area contributed by atoms with Crippen LogP contribution in [0.4, 0.5) is 27.5 Å². The third-order valence-corrected chi connectivity index (χ3v) is 3.82. The summed E-state index contributed by atoms with van der Waals surface area (Å²) in [6.45, 7) is 6.22. The van der Waals surface area contributed by atoms with E-state index in [2.05, 4.69) is 5.32 Å². The molecule has 1 aromatic carbocycles. The molecule has 0 unspecified atom stereocenters. The van der Waals surface area contributed by atoms with Crippen molar-refractivity contribution in [3.63, 3.8) is 0 Å². The standard InChI is InChI=1S/C16H22N4O6/c1-16(2,3)26-15(21)17-11-9-13(18-7-5-4-6-8-18)14(20(24)25)10-12(11)19(22)23/h9-10H,4-8H2,1-3H3,(H,17,21). The SMILES string of the molecule is CC(C)(C)OC(=O)Nc1cc(N2CCCCC2)c([N+](=O)[O-])cc1[N+](=O)[O-]. The highest BCUT2D eigenvalue weighted by molar-refractivity contribution is 5.91. The van der Waals surface area contributed by atoms with Crippen LogP contribution in [0.25, 0.3) is 0 Å². The molecule has 0 aliphatic carbocycles. The molecule has 142 valence electrons. The molecule has 0 bridgehead atoms. The minimum atomic E-state index is -0.862. The number of ether oxygens (including phenoxy) is 1. The van der Waals surface area contributed by atoms with Crippen molar-refractivity contribution in [1.29, 1.82) is 0 Å². The van der Waals surface area contributed by atoms with E-state index in [1.54, 1.807) is 20.8 Å². The summed E-state index contributed by atoms with van der Waals surface area (Å²) in [6.07, 6.45) is 1.92. The molecule has 0 atom stereocenters. The maximum Gasteiger partial charge on any atom is 0.412 e. The number of hydrogen-bond donors (Lipinski definition) is 1. The summed E-state index contributed by atoms with van der Waals surface area (Å²) in [6, 6.07) is 2.17. The van der Waals surface area contributed by atoms with Crippen molar-refractivity contribution in [3.05, 3.63) is 32.4 Å². The van der Waals surface area contributed by atoms with Crippen LogP contribution < -0.4 is 10.2 Å². The molecule has 26 heavy (non-hydrogen) atoms. The van der Waals surface area contributed by atoms with Gasteiger partial charge in [0.1, 0.15) is 17.0 Å². The number of piperidine rings is 1. The molecule has 2 rings (SSSR count). The molecule has 1 saturated heterocycles. The Hall–Kier alpha value is -2.91. The maximum absolute atomic E-state index is 12.0. The summed E-state index contributed by atoms with van der Waals surface area (Å²) in [4.78, 5) is 35.1. The Morgan fingerprint density at radius 1 is 1.08 bits per heavy atom. The predicted octanol–water partition coefficient (Wildman–Crippen LogP) is 3.84. The first-order valence-electron chi connectivity index (χ1n) is 8.30. The quantitative estimate of drug-likeness (QED) is 0.633. The van der Waals surface area contributed by atoms with Crippen molar-refractivity contribution < 1.29 is 19.4 Å². The first-order valence-corrected chi connectivity index (χ1v) is 8.30. The van der Waals surface area contributed by atoms with Gasteiger partial charge in [-0.3, -0.25) is 25.5 Å². The van der Waals surface area contributed by atoms with Gasteiger partial charge in [-0.05, 0) is 46.1 Å². The molecule has 1 aliphatic rings. The normalized spacial score (nSPS) is 14.7. The van der Waals surface area contributed by atoms with Crippen LogP contribution in [0.3, 0.4) is 0 Å². The van der Waals surface area contributed by atoms with Crippen LogP contribution in [0.15, 0.2) is 12.1 Å². The summed E-state index contributed by atoms with van der Waals surface area (Å²) in [5, 5.41) is 25.1. The topological polar surface area (TPSA) is 128 Å². The lowest BCUT2D eigenvalue weighted by molar-refractivity contribution is -0.393. The van der Waals surface area contributed by atoms with Gasteiger partial charge >= 0.3 is 6.09 Å². The van der Waals surface area contributed by atoms with Crippen molar-refractivity contribution >= 4 is 28.8 Å². The molecule has 0 radical (unpaired) electrons. The van der Waals surface area contributed by atoms with E-state index in [-0.39, 0.29) is 17.1 Å². The van der Waals surface area contributed by atoms with E-state index < -0.39 is 27.2 Å². The van der Waals surface area contributed by atoms with Crippen molar-refractivity contribution in [2.24, 2.45) is 0 Å². The number of nitrogens with zero attached hydrogens (tertiary/aromatic N) is 3. The van der Waals surface area contributed by atoms with E-state index in [1.165, 1.54) is 6.07 Å². The average Bonchev–Trinajstić information content (AvgIpc) is 2.53. The fourth-order valence-corrected chi connectivity index (χ4v) is 2.76. The first kappa shape index (κ1) is 19.4. The molecule has 1 N–H and O–H groups in total. The van der Waals surface area contributed by atoms with Crippen LogP contribution in [0, 0.1) is 20.2 Å². The highest BCUT2D eigenvalue weighted by Gasteiger charge is 2.29. The maximum atomic E-state index is 12.0. The number of anilines is 2. The summed E-state index contributed by atoms with van der Waals surface area (Å²) >= 11 is 0. The number of benzene rings is 1. The second kappa shape index (κ2) is 7.54. The van der Waals surface area contributed by atoms with Gasteiger partial charge in [-0.2, -0.15) is 0 Å². The van der Waals surface area contributed by atoms with Crippen LogP contribution in [0.5, 0.6) is 0 Å². The van der Waals surface area contributed by atoms with Crippen LogP contribution >= 0.6 is 0 Å². The minimum Gasteiger partial charge on any atom is -0.444 e. The zero-order valence-corrected chi connectivity index (χ0v) is 15.0. The van der Waals surface area contributed by atoms with E-state index in [0.717, 1.165) is 25.3 Å². The highest BCUT2D eigenvalue weighted by atomic mass is 16.6. The van der Waals surface area contributed by atoms with Gasteiger partial charge in [0.15, 0.2) is 0 Å². The Kier molecular flexibility index (Phi) is 5.63. The number of hydrogen-bond acceptors (Lipinski definition) is 7. The van der Waals surface area contributed by atoms with Crippen LogP contribution in [-0.2, 0) is 4.74 Å². The lowest BCUT2D eigenvalue weighted by Gasteiger charge is -2.28. The zero-order chi connectivity index (χ0) is 19.5. The van der Waals surface area contributed by atoms with E-state index >= 15 is 0 Å². The number of nitro groups is 2. The van der Waals surface area contributed by atoms with Gasteiger partial charge in [0, 0.05) is 13.1 Å². The Labute approximate surface area is 150 Å². The molecule has 0 saturated carbocycles. The van der Waals surface area contributed by atoms with E-state index in [4.69, 9.17) is 4.74 Å². The number of amides is 1. The monoisotopic (exact) mass is 366 g/mol. The second-order valence-electron chi connectivity index (χ2n) is 7.05. The summed E-state index contributed by atoms with van der Waals surface area (Å²) in [5.41, 5.74) is -1.56. The summed E-state index contributed by atoms with van der Waals surface area (Å²) in [5.74, 6) is 0. The molecule has 1 heterocycles. The molecular formula is C16H22N4O6. The zero-order valence-electron chi connectivity index (χ0n) is 15.0. The molecule has 10 heteroatoms. The van der Waals surface area contributed by atoms with E-state index in [9.17, 15) is 25.0 Å². The van der Waals surface area contributed by atoms with Gasteiger partial charge in [-0.15, -0.1) is 0 Å². The van der Waals surface area contributed by atoms with Crippen molar-refractivity contribution in [3.8, 4) is 0 Å². The fourth-order valence-electron chi connectivity index (χ4n) is 2.76. The van der Waals surface area contributed by atoms with Crippen LogP contribution in [0.1, 0.15) is 40.0 Å². The fraction of sp³-hybridized carbons (Fsp3) is 0.562. The van der Waals surface area contributed by atoms with Crippen molar-refractivity contribution in [2.75, 3.05) is 23.3 Å². The van der Waals surface area contributed by atoms with Gasteiger partial charge in [-0.1, -0.05) is 0 Å². The molecule has 1 fully saturated rings. The number of nitro benzene ring substituents is 2. The summed E-state index contributed by atoms with van der Waals surface area (Å²) < 4.78 is 5.12. The molecule has 0 spiro atoms. The van der Waals surface area contributed by atoms with Crippen LogP contribution in [0.2, 0.25) is 0 Å². The van der Waals surface area contributed by atoms with Crippen LogP contribution in [-0.4, -0.2) is 34.6 Å². The molecule has 0 aromatic heterocycles. The third kappa shape index (κ3) is 4.80. The second-order valence-corrected chi connectivity index (χ2v) is 7.05. The minimum absolute atomic E-state index is 0.129. The molecule has 1 aliphatic heterocycles. The number of carbonyl (C=O) groups is 1. The molecule has 1 amide bonds. The smallest absolute Gasteiger partial charge is 0.412 e. The van der Waals surface area contributed by atoms with Gasteiger partial charge in [0.25, 0.3) is 11.4 Å². The lowest BCUT2D eigenvalue weighted by Crippen LogP contribution is -2.30. The Morgan fingerprint density at radius 3 is 2.15 bits per heavy atom. The first-order chi connectivity index (χ1) is 12.1. The molecular weight excluding hydrogens is 344 g/mol. The van der Waals surface area contributed by atoms with Gasteiger partial charge in [0.05, 0.1) is 15.9 Å². The van der Waals surface area contributed by atoms with Crippen molar-refractivity contribution in [2.45, 2.75) is 45.6 Å². The predicted molar refractivity (Wildman–Crippen MR) is 95.7 cm³/mol. The highest BCUT2D eigenvalue weighted by Crippen LogP contribution is 2.39. The Balaban J connectivity index is 2.46. The molecule has 10 nitrogen and oxygen atoms in total. The van der Waals surface area contributed by atoms with E-state index in [0.29, 0.717) is 13.1 Å². The number of carbonyl (C=O) groups excluding carboxylic acids is 1. The molecule has 1 aromatic rings. The number of rotatable bonds is 4.